The molecule has 4 N–H and O–H groups in total. The molecule has 0 aromatic carbocycles. The van der Waals surface area contributed by atoms with Crippen LogP contribution in [-0.4, -0.2) is 133 Å². The number of carbonyl (C=O) groups excluding carboxylic acids is 3. The normalized spacial score (nSPS) is 45.5. The van der Waals surface area contributed by atoms with Crippen molar-refractivity contribution in [3.05, 3.63) is 77.5 Å². The topological polar surface area (TPSA) is 159 Å². The number of nitrogens with zero attached hydrogens (tertiary/aromatic N) is 2. The van der Waals surface area contributed by atoms with E-state index in [9.17, 15) is 48.0 Å². The van der Waals surface area contributed by atoms with Gasteiger partial charge in [-0.25, -0.2) is 18.2 Å². The molecule has 0 amide bonds. The monoisotopic (exact) mass is 1590 g/mol. The van der Waals surface area contributed by atoms with Crippen LogP contribution in [0.25, 0.3) is 0 Å². The highest BCUT2D eigenvalue weighted by Gasteiger charge is 2.63. The van der Waals surface area contributed by atoms with Gasteiger partial charge in [0.15, 0.2) is 0 Å². The minimum atomic E-state index is -2.66. The van der Waals surface area contributed by atoms with Gasteiger partial charge in [-0.15, -0.1) is 0 Å². The summed E-state index contributed by atoms with van der Waals surface area (Å²) in [5.74, 6) is 18.2. The molecule has 16 aliphatic rings. The number of alkyl halides is 3. The molecule has 17 rings (SSSR count). The molecular weight excluding hydrogens is 1460 g/mol. The molecule has 0 aliphatic heterocycles. The number of Topliss-reactive ketones (excluding diaryl/α,β-unsaturated/α-hetero) is 3. The molecule has 0 radical (unpaired) electrons. The zero-order valence-corrected chi connectivity index (χ0v) is 71.0. The molecule has 0 bridgehead atoms. The minimum absolute atomic E-state index is 0.123. The van der Waals surface area contributed by atoms with E-state index in [1.54, 1.807) is 42.4 Å². The molecule has 110 heavy (non-hydrogen) atoms. The molecule has 10 nitrogen and oxygen atoms in total. The summed E-state index contributed by atoms with van der Waals surface area (Å²) in [5, 5.41) is 44.7. The molecule has 610 valence electrons. The van der Waals surface area contributed by atoms with Crippen molar-refractivity contribution >= 4 is 64.2 Å². The Kier molecular flexibility index (Phi) is 25.7. The van der Waals surface area contributed by atoms with Crippen molar-refractivity contribution < 1.29 is 52.7 Å². The average Bonchev–Trinajstić information content (AvgIpc) is 1.53. The van der Waals surface area contributed by atoms with Crippen molar-refractivity contribution in [2.24, 2.45) is 140 Å². The van der Waals surface area contributed by atoms with Crippen molar-refractivity contribution in [3.8, 4) is 11.3 Å². The second-order valence-corrected chi connectivity index (χ2v) is 42.8. The van der Waals surface area contributed by atoms with E-state index in [1.807, 2.05) is 37.5 Å². The Balaban J connectivity index is 0.000000122. The third kappa shape index (κ3) is 15.7. The van der Waals surface area contributed by atoms with E-state index in [0.29, 0.717) is 137 Å². The molecule has 17 heteroatoms. The number of carbonyl (C=O) groups is 3. The molecule has 28 atom stereocenters. The van der Waals surface area contributed by atoms with Crippen molar-refractivity contribution in [3.63, 3.8) is 0 Å². The summed E-state index contributed by atoms with van der Waals surface area (Å²) < 4.78 is 47.4. The molecule has 1 heterocycles. The quantitative estimate of drug-likeness (QED) is 0.0918. The fraction of sp³-hybridized carbons (Fsp3) is 0.806. The van der Waals surface area contributed by atoms with Crippen molar-refractivity contribution in [1.82, 2.24) is 9.55 Å². The number of hydrogen-bond acceptors (Lipinski definition) is 12. The van der Waals surface area contributed by atoms with Crippen molar-refractivity contribution in [2.75, 3.05) is 56.4 Å². The number of fused-ring (bicyclic) bond motifs is 20. The molecule has 1 aromatic rings. The Morgan fingerprint density at radius 3 is 1.28 bits per heavy atom. The van der Waals surface area contributed by atoms with Crippen LogP contribution in [0.2, 0.25) is 0 Å². The Labute approximate surface area is 675 Å². The first-order valence-electron chi connectivity index (χ1n) is 43.4. The Morgan fingerprint density at radius 2 is 0.900 bits per heavy atom. The van der Waals surface area contributed by atoms with Crippen LogP contribution in [0.15, 0.2) is 77.5 Å². The lowest BCUT2D eigenvalue weighted by atomic mass is 9.51. The van der Waals surface area contributed by atoms with E-state index in [-0.39, 0.29) is 40.9 Å². The highest BCUT2D eigenvalue weighted by molar-refractivity contribution is 7.99. The summed E-state index contributed by atoms with van der Waals surface area (Å²) >= 11 is 10.6. The first kappa shape index (κ1) is 83.9. The lowest BCUT2D eigenvalue weighted by Crippen LogP contribution is -2.50. The van der Waals surface area contributed by atoms with Gasteiger partial charge in [-0.05, 0) is 345 Å². The van der Waals surface area contributed by atoms with Gasteiger partial charge in [-0.1, -0.05) is 92.4 Å². The number of aliphatic hydroxyl groups is 4. The van der Waals surface area contributed by atoms with Crippen LogP contribution in [0.4, 0.5) is 13.2 Å². The first-order chi connectivity index (χ1) is 52.6. The number of allylic oxidation sites excluding steroid dienone is 5. The van der Waals surface area contributed by atoms with Crippen LogP contribution in [0.1, 0.15) is 233 Å². The number of thioether (sulfide) groups is 3. The summed E-state index contributed by atoms with van der Waals surface area (Å²) in [6.45, 7) is 15.0. The SMILES string of the molecule is C=C(Cn1ccnc1)[C@H]1CC[C@H]2[C@@H]3CC=C4C[C@](O)(CF)CC[C@@H]4[C@H]3CC[C@]12C.COC[C@]1(O)CC[C@H]2C(=CC[C@@H]3[C@@H]2CC[C@]2(C)[C@@H](C(=O)CSC)CC[C@@H]32)C1.CSCC(=O)[C@H]1CC[C@H]2[C@@H]3CC=C4C[C@](O)(C#CCl)CC[C@@H]4[C@H]3CC[C@]12C.CSCC(=O)[C@H]1CC[C@H]2[C@@H]3CC=C4C[C@](O)(C(F)F)CC[C@@H]4[C@H]3CC[C@]12C. The lowest BCUT2D eigenvalue weighted by molar-refractivity contribution is -0.128. The number of methoxy groups -OCH3 is 1. The second-order valence-electron chi connectivity index (χ2n) is 40.0. The molecular formula is C93H134ClF3N2O8S3. The maximum atomic E-state index is 13.3. The third-order valence-electron chi connectivity index (χ3n) is 35.0. The fourth-order valence-electron chi connectivity index (χ4n) is 29.9. The number of hydrogen-bond donors (Lipinski definition) is 4. The van der Waals surface area contributed by atoms with Gasteiger partial charge in [0.1, 0.15) is 35.2 Å². The maximum absolute atomic E-state index is 13.3. The van der Waals surface area contributed by atoms with E-state index in [1.165, 1.54) is 86.5 Å². The third-order valence-corrected chi connectivity index (χ3v) is 36.8. The lowest BCUT2D eigenvalue weighted by Gasteiger charge is -2.54. The number of ether oxygens (including phenoxy) is 1. The smallest absolute Gasteiger partial charge is 0.267 e. The minimum Gasteiger partial charge on any atom is -0.387 e. The van der Waals surface area contributed by atoms with Crippen LogP contribution in [0, 0.1) is 151 Å². The zero-order chi connectivity index (χ0) is 78.1. The van der Waals surface area contributed by atoms with Crippen molar-refractivity contribution in [2.45, 2.75) is 269 Å². The van der Waals surface area contributed by atoms with Gasteiger partial charge in [0.2, 0.25) is 0 Å². The number of rotatable bonds is 16. The largest absolute Gasteiger partial charge is 0.387 e. The van der Waals surface area contributed by atoms with Gasteiger partial charge in [-0.2, -0.15) is 35.3 Å². The van der Waals surface area contributed by atoms with Gasteiger partial charge in [0.25, 0.3) is 6.43 Å². The first-order valence-corrected chi connectivity index (χ1v) is 47.9. The van der Waals surface area contributed by atoms with Gasteiger partial charge < -0.3 is 29.7 Å². The summed E-state index contributed by atoms with van der Waals surface area (Å²) in [4.78, 5) is 42.4. The fourth-order valence-corrected chi connectivity index (χ4v) is 31.6. The van der Waals surface area contributed by atoms with E-state index in [4.69, 9.17) is 16.3 Å². The van der Waals surface area contributed by atoms with Crippen LogP contribution in [0.3, 0.4) is 0 Å². The predicted octanol–water partition coefficient (Wildman–Crippen LogP) is 20.0. The Bertz CT molecular complexity index is 3710. The molecule has 0 spiro atoms. The number of aromatic nitrogens is 2. The standard InChI is InChI=1S/C25H35FN2O.C23H31ClO2S.C23H36O3S.C22H32F2O2S/c1-17(14-28-12-11-27-16-28)22-5-6-23-21-4-3-18-13-25(29,15-26)10-8-19(18)20(21)7-9-24(22,23)2;1-22-9-7-17-16-8-10-23(26,11-12-24)13-15(16)3-4-18(17)19(22)5-6-20(22)21(25)14-27-2;1-22-10-8-17-16-9-11-23(25,14-26-2)12-15(16)4-5-18(17)19(22)6-7-20(22)21(24)13-27-3;1-21-9-7-15-14-8-10-22(26,20(23)24)11-13(14)3-4-16(15)17(21)5-6-18(21)19(25)12-27-2/h3,11-12,16,19-23,29H,1,4-10,13-15H2,2H3;3,16-20,26H,4-10,13-14H2,1-2H3;4,16-20,25H,5-14H2,1-3H3;3,14-18,20,26H,4-12H2,1-2H3/t19-,20+,21+,22+,23-,24+,25-;16-,17+,18+,19-,20+,22-,23+;16-,17+,18+,19-,20+,22-,23-;14-,15+,16+,17-,18+,21-,22-/m0000/s1. The van der Waals surface area contributed by atoms with Gasteiger partial charge in [-0.3, -0.25) is 14.4 Å². The maximum Gasteiger partial charge on any atom is 0.267 e. The summed E-state index contributed by atoms with van der Waals surface area (Å²) in [6, 6.07) is 0. The van der Waals surface area contributed by atoms with Crippen LogP contribution >= 0.6 is 46.9 Å². The van der Waals surface area contributed by atoms with Crippen LogP contribution < -0.4 is 0 Å². The summed E-state index contributed by atoms with van der Waals surface area (Å²) in [7, 11) is 1.69. The molecule has 12 fully saturated rings. The number of imidazole rings is 1. The summed E-state index contributed by atoms with van der Waals surface area (Å²) in [6.07, 6.45) is 50.5. The Morgan fingerprint density at radius 1 is 0.527 bits per heavy atom. The predicted molar refractivity (Wildman–Crippen MR) is 441 cm³/mol. The van der Waals surface area contributed by atoms with E-state index in [2.05, 4.69) is 79.4 Å². The number of ketones is 3. The highest BCUT2D eigenvalue weighted by atomic mass is 35.5. The molecule has 0 unspecified atom stereocenters. The zero-order valence-electron chi connectivity index (χ0n) is 67.8. The highest BCUT2D eigenvalue weighted by Crippen LogP contribution is 2.69. The van der Waals surface area contributed by atoms with E-state index >= 15 is 0 Å². The van der Waals surface area contributed by atoms with E-state index in [0.717, 1.165) is 156 Å². The van der Waals surface area contributed by atoms with Gasteiger partial charge >= 0.3 is 0 Å². The molecule has 1 aromatic heterocycles. The number of halogens is 4. The van der Waals surface area contributed by atoms with Crippen LogP contribution in [-0.2, 0) is 25.7 Å². The van der Waals surface area contributed by atoms with Gasteiger partial charge in [0.05, 0.1) is 41.4 Å². The molecule has 12 saturated carbocycles. The second kappa shape index (κ2) is 33.7. The average molecular weight is 1600 g/mol. The Hall–Kier alpha value is -2.59. The molecule has 0 saturated heterocycles. The van der Waals surface area contributed by atoms with E-state index < -0.39 is 35.5 Å². The van der Waals surface area contributed by atoms with Gasteiger partial charge in [0, 0.05) is 62.0 Å². The van der Waals surface area contributed by atoms with Crippen molar-refractivity contribution in [1.29, 1.82) is 0 Å². The summed E-state index contributed by atoms with van der Waals surface area (Å²) in [5.41, 5.74) is 3.15. The molecule has 16 aliphatic carbocycles. The van der Waals surface area contributed by atoms with Crippen LogP contribution in [0.5, 0.6) is 0 Å².